The molecule has 1 amide bonds. The number of aromatic nitrogens is 1. The first kappa shape index (κ1) is 13.1. The first-order valence-electron chi connectivity index (χ1n) is 6.10. The number of anilines is 1. The van der Waals surface area contributed by atoms with E-state index in [0.29, 0.717) is 18.1 Å². The average molecular weight is 259 g/mol. The number of aryl methyl sites for hydroxylation is 1. The van der Waals surface area contributed by atoms with Crippen molar-refractivity contribution in [2.24, 2.45) is 0 Å². The van der Waals surface area contributed by atoms with Crippen molar-refractivity contribution in [3.05, 3.63) is 47.7 Å². The van der Waals surface area contributed by atoms with Gasteiger partial charge in [-0.3, -0.25) is 4.79 Å². The molecular weight excluding hydrogens is 242 g/mol. The van der Waals surface area contributed by atoms with Crippen molar-refractivity contribution in [2.75, 3.05) is 18.9 Å². The van der Waals surface area contributed by atoms with Crippen LogP contribution in [-0.4, -0.2) is 29.6 Å². The Morgan fingerprint density at radius 2 is 2.11 bits per heavy atom. The average Bonchev–Trinajstić information content (AvgIpc) is 2.83. The minimum absolute atomic E-state index is 0.00417. The highest BCUT2D eigenvalue weighted by atomic mass is 16.5. The Morgan fingerprint density at radius 1 is 1.37 bits per heavy atom. The number of rotatable bonds is 5. The lowest BCUT2D eigenvalue weighted by molar-refractivity contribution is -0.128. The molecule has 0 aliphatic carbocycles. The Balaban J connectivity index is 1.82. The van der Waals surface area contributed by atoms with Crippen LogP contribution in [0.2, 0.25) is 0 Å². The van der Waals surface area contributed by atoms with Crippen LogP contribution in [0.5, 0.6) is 0 Å². The summed E-state index contributed by atoms with van der Waals surface area (Å²) in [6.07, 6.45) is 0. The fourth-order valence-corrected chi connectivity index (χ4v) is 1.70. The van der Waals surface area contributed by atoms with Gasteiger partial charge < -0.3 is 14.7 Å². The molecular formula is C14H17N3O2. The van der Waals surface area contributed by atoms with Gasteiger partial charge in [0.25, 0.3) is 0 Å². The predicted octanol–water partition coefficient (Wildman–Crippen LogP) is 2.05. The molecule has 5 nitrogen and oxygen atoms in total. The van der Waals surface area contributed by atoms with Gasteiger partial charge in [-0.15, -0.1) is 0 Å². The third-order valence-corrected chi connectivity index (χ3v) is 2.74. The highest BCUT2D eigenvalue weighted by Crippen LogP contribution is 2.07. The quantitative estimate of drug-likeness (QED) is 0.892. The summed E-state index contributed by atoms with van der Waals surface area (Å²) in [6, 6.07) is 11.6. The lowest BCUT2D eigenvalue weighted by Crippen LogP contribution is -2.31. The lowest BCUT2D eigenvalue weighted by atomic mass is 10.2. The molecule has 0 aliphatic heterocycles. The molecule has 0 saturated carbocycles. The predicted molar refractivity (Wildman–Crippen MR) is 72.6 cm³/mol. The molecule has 19 heavy (non-hydrogen) atoms. The molecule has 1 aromatic heterocycles. The lowest BCUT2D eigenvalue weighted by Gasteiger charge is -2.17. The number of hydrogen-bond donors (Lipinski definition) is 1. The van der Waals surface area contributed by atoms with E-state index in [1.54, 1.807) is 18.0 Å². The summed E-state index contributed by atoms with van der Waals surface area (Å²) in [5.41, 5.74) is 1.11. The smallest absolute Gasteiger partial charge is 0.241 e. The number of benzene rings is 1. The van der Waals surface area contributed by atoms with Crippen molar-refractivity contribution < 1.29 is 9.32 Å². The van der Waals surface area contributed by atoms with Crippen LogP contribution in [-0.2, 0) is 11.3 Å². The minimum Gasteiger partial charge on any atom is -0.360 e. The van der Waals surface area contributed by atoms with Crippen LogP contribution in [0.1, 0.15) is 11.3 Å². The van der Waals surface area contributed by atoms with Gasteiger partial charge in [0.15, 0.2) is 5.82 Å². The van der Waals surface area contributed by atoms with Gasteiger partial charge in [0.2, 0.25) is 5.91 Å². The summed E-state index contributed by atoms with van der Waals surface area (Å²) in [6.45, 7) is 2.61. The van der Waals surface area contributed by atoms with Gasteiger partial charge in [0.1, 0.15) is 5.76 Å². The standard InChI is InChI=1S/C14H17N3O2/c1-11-8-13(16-19-11)15-9-14(18)17(2)10-12-6-4-3-5-7-12/h3-8H,9-10H2,1-2H3,(H,15,16). The van der Waals surface area contributed by atoms with Crippen LogP contribution in [0.4, 0.5) is 5.82 Å². The largest absolute Gasteiger partial charge is 0.360 e. The van der Waals surface area contributed by atoms with Gasteiger partial charge in [0.05, 0.1) is 6.54 Å². The first-order chi connectivity index (χ1) is 9.15. The normalized spacial score (nSPS) is 10.2. The molecule has 5 heteroatoms. The van der Waals surface area contributed by atoms with Crippen molar-refractivity contribution in [1.82, 2.24) is 10.1 Å². The number of amides is 1. The SMILES string of the molecule is Cc1cc(NCC(=O)N(C)Cc2ccccc2)no1. The van der Waals surface area contributed by atoms with Gasteiger partial charge in [-0.2, -0.15) is 0 Å². The second-order valence-electron chi connectivity index (χ2n) is 4.41. The second kappa shape index (κ2) is 6.04. The molecule has 0 fully saturated rings. The van der Waals surface area contributed by atoms with E-state index in [2.05, 4.69) is 10.5 Å². The molecule has 0 saturated heterocycles. The number of carbonyl (C=O) groups excluding carboxylic acids is 1. The van der Waals surface area contributed by atoms with Crippen molar-refractivity contribution in [2.45, 2.75) is 13.5 Å². The van der Waals surface area contributed by atoms with E-state index in [-0.39, 0.29) is 12.5 Å². The maximum atomic E-state index is 11.9. The zero-order valence-electron chi connectivity index (χ0n) is 11.1. The molecule has 0 bridgehead atoms. The number of hydrogen-bond acceptors (Lipinski definition) is 4. The van der Waals surface area contributed by atoms with Crippen molar-refractivity contribution >= 4 is 11.7 Å². The minimum atomic E-state index is 0.00417. The Labute approximate surface area is 112 Å². The molecule has 1 heterocycles. The van der Waals surface area contributed by atoms with E-state index >= 15 is 0 Å². The van der Waals surface area contributed by atoms with Crippen LogP contribution in [0.3, 0.4) is 0 Å². The molecule has 1 aromatic carbocycles. The molecule has 0 radical (unpaired) electrons. The molecule has 0 spiro atoms. The second-order valence-corrected chi connectivity index (χ2v) is 4.41. The summed E-state index contributed by atoms with van der Waals surface area (Å²) in [7, 11) is 1.78. The maximum absolute atomic E-state index is 11.9. The van der Waals surface area contributed by atoms with E-state index in [1.165, 1.54) is 0 Å². The van der Waals surface area contributed by atoms with Gasteiger partial charge in [-0.05, 0) is 12.5 Å². The van der Waals surface area contributed by atoms with E-state index in [0.717, 1.165) is 5.56 Å². The zero-order chi connectivity index (χ0) is 13.7. The van der Waals surface area contributed by atoms with Gasteiger partial charge in [-0.1, -0.05) is 35.5 Å². The monoisotopic (exact) mass is 259 g/mol. The highest BCUT2D eigenvalue weighted by molar-refractivity contribution is 5.80. The number of likely N-dealkylation sites (N-methyl/N-ethyl adjacent to an activating group) is 1. The van der Waals surface area contributed by atoms with Crippen molar-refractivity contribution in [3.8, 4) is 0 Å². The molecule has 2 aromatic rings. The third kappa shape index (κ3) is 3.84. The van der Waals surface area contributed by atoms with E-state index < -0.39 is 0 Å². The fourth-order valence-electron chi connectivity index (χ4n) is 1.70. The third-order valence-electron chi connectivity index (χ3n) is 2.74. The summed E-state index contributed by atoms with van der Waals surface area (Å²) in [4.78, 5) is 13.6. The van der Waals surface area contributed by atoms with E-state index in [9.17, 15) is 4.79 Å². The fraction of sp³-hybridized carbons (Fsp3) is 0.286. The number of nitrogens with zero attached hydrogens (tertiary/aromatic N) is 2. The summed E-state index contributed by atoms with van der Waals surface area (Å²) in [5.74, 6) is 1.30. The molecule has 0 aliphatic rings. The summed E-state index contributed by atoms with van der Waals surface area (Å²) < 4.78 is 4.92. The van der Waals surface area contributed by atoms with Crippen LogP contribution < -0.4 is 5.32 Å². The summed E-state index contributed by atoms with van der Waals surface area (Å²) >= 11 is 0. The topological polar surface area (TPSA) is 58.4 Å². The van der Waals surface area contributed by atoms with E-state index in [1.807, 2.05) is 37.3 Å². The van der Waals surface area contributed by atoms with Crippen LogP contribution in [0, 0.1) is 6.92 Å². The summed E-state index contributed by atoms with van der Waals surface area (Å²) in [5, 5.41) is 6.71. The molecule has 0 atom stereocenters. The van der Waals surface area contributed by atoms with Gasteiger partial charge in [0, 0.05) is 19.7 Å². The number of nitrogens with one attached hydrogen (secondary N) is 1. The Morgan fingerprint density at radius 3 is 2.74 bits per heavy atom. The van der Waals surface area contributed by atoms with Crippen molar-refractivity contribution in [1.29, 1.82) is 0 Å². The van der Waals surface area contributed by atoms with Crippen LogP contribution >= 0.6 is 0 Å². The molecule has 100 valence electrons. The zero-order valence-corrected chi connectivity index (χ0v) is 11.1. The van der Waals surface area contributed by atoms with Crippen molar-refractivity contribution in [3.63, 3.8) is 0 Å². The van der Waals surface area contributed by atoms with Crippen LogP contribution in [0.15, 0.2) is 40.9 Å². The Hall–Kier alpha value is -2.30. The Bertz CT molecular complexity index is 537. The van der Waals surface area contributed by atoms with Gasteiger partial charge >= 0.3 is 0 Å². The van der Waals surface area contributed by atoms with Crippen LogP contribution in [0.25, 0.3) is 0 Å². The molecule has 2 rings (SSSR count). The maximum Gasteiger partial charge on any atom is 0.241 e. The first-order valence-corrected chi connectivity index (χ1v) is 6.10. The molecule has 1 N–H and O–H groups in total. The Kier molecular flexibility index (Phi) is 4.18. The highest BCUT2D eigenvalue weighted by Gasteiger charge is 2.09. The molecule has 0 unspecified atom stereocenters. The van der Waals surface area contributed by atoms with Gasteiger partial charge in [-0.25, -0.2) is 0 Å². The van der Waals surface area contributed by atoms with E-state index in [4.69, 9.17) is 4.52 Å². The number of carbonyl (C=O) groups is 1.